The summed E-state index contributed by atoms with van der Waals surface area (Å²) in [7, 11) is 3.07. The van der Waals surface area contributed by atoms with Crippen LogP contribution in [0.1, 0.15) is 24.8 Å². The Balaban J connectivity index is 1.33. The molecule has 9 nitrogen and oxygen atoms in total. The monoisotopic (exact) mass is 438 g/mol. The van der Waals surface area contributed by atoms with Crippen LogP contribution in [0, 0.1) is 0 Å². The number of carbonyl (C=O) groups excluding carboxylic acids is 1. The van der Waals surface area contributed by atoms with Gasteiger partial charge in [-0.15, -0.1) is 0 Å². The molecule has 1 fully saturated rings. The van der Waals surface area contributed by atoms with Crippen molar-refractivity contribution in [1.29, 1.82) is 0 Å². The molecule has 1 aromatic carbocycles. The average molecular weight is 439 g/mol. The van der Waals surface area contributed by atoms with Crippen LogP contribution in [0.2, 0.25) is 0 Å². The zero-order chi connectivity index (χ0) is 22.7. The van der Waals surface area contributed by atoms with Crippen LogP contribution < -0.4 is 11.2 Å². The van der Waals surface area contributed by atoms with Crippen molar-refractivity contribution in [2.24, 2.45) is 14.1 Å². The van der Waals surface area contributed by atoms with Gasteiger partial charge in [-0.3, -0.25) is 23.6 Å². The Labute approximate surface area is 186 Å². The minimum absolute atomic E-state index is 0.149. The number of amides is 1. The lowest BCUT2D eigenvalue weighted by molar-refractivity contribution is -0.131. The first-order valence-electron chi connectivity index (χ1n) is 11.1. The van der Waals surface area contributed by atoms with Gasteiger partial charge < -0.3 is 9.47 Å². The Bertz CT molecular complexity index is 1210. The lowest BCUT2D eigenvalue weighted by Crippen LogP contribution is -2.37. The molecular formula is C23H30N6O3. The van der Waals surface area contributed by atoms with E-state index >= 15 is 0 Å². The fraction of sp³-hybridized carbons (Fsp3) is 0.478. The van der Waals surface area contributed by atoms with Crippen molar-refractivity contribution >= 4 is 17.1 Å². The van der Waals surface area contributed by atoms with Crippen molar-refractivity contribution in [3.05, 3.63) is 63.1 Å². The fourth-order valence-corrected chi connectivity index (χ4v) is 4.35. The number of imidazole rings is 1. The molecule has 1 amide bonds. The summed E-state index contributed by atoms with van der Waals surface area (Å²) in [4.78, 5) is 46.0. The molecule has 1 aliphatic heterocycles. The highest BCUT2D eigenvalue weighted by atomic mass is 16.2. The molecule has 0 radical (unpaired) electrons. The summed E-state index contributed by atoms with van der Waals surface area (Å²) in [5.74, 6) is 0.149. The van der Waals surface area contributed by atoms with Crippen LogP contribution in [0.15, 0.2) is 46.2 Å². The van der Waals surface area contributed by atoms with Crippen LogP contribution in [0.3, 0.4) is 0 Å². The summed E-state index contributed by atoms with van der Waals surface area (Å²) < 4.78 is 4.20. The second kappa shape index (κ2) is 9.52. The maximum absolute atomic E-state index is 12.8. The molecule has 170 valence electrons. The van der Waals surface area contributed by atoms with Crippen molar-refractivity contribution in [2.75, 3.05) is 26.2 Å². The third kappa shape index (κ3) is 4.52. The van der Waals surface area contributed by atoms with Gasteiger partial charge in [-0.2, -0.15) is 0 Å². The van der Waals surface area contributed by atoms with Crippen LogP contribution in [-0.4, -0.2) is 60.6 Å². The molecule has 0 bridgehead atoms. The molecule has 0 atom stereocenters. The molecule has 0 N–H and O–H groups in total. The Kier molecular flexibility index (Phi) is 6.55. The van der Waals surface area contributed by atoms with Gasteiger partial charge in [0.1, 0.15) is 0 Å². The lowest BCUT2D eigenvalue weighted by atomic mass is 10.2. The van der Waals surface area contributed by atoms with E-state index in [9.17, 15) is 14.4 Å². The van der Waals surface area contributed by atoms with Gasteiger partial charge in [0.25, 0.3) is 5.56 Å². The van der Waals surface area contributed by atoms with Gasteiger partial charge in [-0.25, -0.2) is 9.78 Å². The molecular weight excluding hydrogens is 408 g/mol. The van der Waals surface area contributed by atoms with Crippen LogP contribution in [0.4, 0.5) is 0 Å². The van der Waals surface area contributed by atoms with Gasteiger partial charge in [0.05, 0.1) is 6.33 Å². The summed E-state index contributed by atoms with van der Waals surface area (Å²) in [6.45, 7) is 4.79. The van der Waals surface area contributed by atoms with Gasteiger partial charge in [-0.05, 0) is 18.4 Å². The molecule has 1 saturated heterocycles. The van der Waals surface area contributed by atoms with E-state index in [0.717, 1.165) is 43.7 Å². The number of hydrogen-bond donors (Lipinski definition) is 0. The Hall–Kier alpha value is -3.20. The van der Waals surface area contributed by atoms with Crippen molar-refractivity contribution in [3.63, 3.8) is 0 Å². The molecule has 9 heteroatoms. The molecule has 2 aromatic heterocycles. The smallest absolute Gasteiger partial charge is 0.332 e. The van der Waals surface area contributed by atoms with E-state index in [-0.39, 0.29) is 11.5 Å². The zero-order valence-electron chi connectivity index (χ0n) is 18.7. The molecule has 1 aliphatic rings. The van der Waals surface area contributed by atoms with Crippen molar-refractivity contribution in [3.8, 4) is 0 Å². The summed E-state index contributed by atoms with van der Waals surface area (Å²) in [6.07, 6.45) is 3.57. The molecule has 0 spiro atoms. The van der Waals surface area contributed by atoms with Crippen LogP contribution in [-0.2, 0) is 32.0 Å². The molecule has 0 saturated carbocycles. The third-order valence-electron chi connectivity index (χ3n) is 6.20. The molecule has 32 heavy (non-hydrogen) atoms. The predicted octanol–water partition coefficient (Wildman–Crippen LogP) is 0.948. The molecule has 3 aromatic rings. The number of hydrogen-bond acceptors (Lipinski definition) is 5. The number of fused-ring (bicyclic) bond motifs is 1. The molecule has 0 unspecified atom stereocenters. The zero-order valence-corrected chi connectivity index (χ0v) is 18.7. The quantitative estimate of drug-likeness (QED) is 0.572. The average Bonchev–Trinajstić information content (AvgIpc) is 3.08. The first-order valence-corrected chi connectivity index (χ1v) is 11.1. The summed E-state index contributed by atoms with van der Waals surface area (Å²) >= 11 is 0. The molecule has 3 heterocycles. The predicted molar refractivity (Wildman–Crippen MR) is 122 cm³/mol. The Morgan fingerprint density at radius 1 is 1.00 bits per heavy atom. The highest BCUT2D eigenvalue weighted by molar-refractivity contribution is 5.76. The van der Waals surface area contributed by atoms with E-state index < -0.39 is 5.69 Å². The van der Waals surface area contributed by atoms with Crippen molar-refractivity contribution < 1.29 is 4.79 Å². The van der Waals surface area contributed by atoms with E-state index in [2.05, 4.69) is 34.1 Å². The summed E-state index contributed by atoms with van der Waals surface area (Å²) in [5, 5.41) is 0. The van der Waals surface area contributed by atoms with Crippen molar-refractivity contribution in [1.82, 2.24) is 28.5 Å². The minimum Gasteiger partial charge on any atom is -0.341 e. The summed E-state index contributed by atoms with van der Waals surface area (Å²) in [5.41, 5.74) is 1.30. The lowest BCUT2D eigenvalue weighted by Gasteiger charge is -2.22. The number of carbonyl (C=O) groups is 1. The van der Waals surface area contributed by atoms with Crippen LogP contribution in [0.5, 0.6) is 0 Å². The van der Waals surface area contributed by atoms with Gasteiger partial charge >= 0.3 is 5.69 Å². The van der Waals surface area contributed by atoms with E-state index in [1.54, 1.807) is 17.9 Å². The van der Waals surface area contributed by atoms with E-state index in [1.807, 2.05) is 11.0 Å². The number of aryl methyl sites for hydroxylation is 2. The second-order valence-electron chi connectivity index (χ2n) is 8.42. The number of rotatable bonds is 6. The highest BCUT2D eigenvalue weighted by Crippen LogP contribution is 2.12. The maximum Gasteiger partial charge on any atom is 0.332 e. The topological polar surface area (TPSA) is 85.4 Å². The first kappa shape index (κ1) is 22.0. The van der Waals surface area contributed by atoms with E-state index in [1.165, 1.54) is 17.2 Å². The maximum atomic E-state index is 12.8. The first-order chi connectivity index (χ1) is 15.5. The minimum atomic E-state index is -0.398. The van der Waals surface area contributed by atoms with E-state index in [0.29, 0.717) is 30.6 Å². The SMILES string of the molecule is Cn1c(=O)c2c(ncn2CCCC(=O)N2CCCN(Cc3ccccc3)CC2)n(C)c1=O. The van der Waals surface area contributed by atoms with Crippen molar-refractivity contribution in [2.45, 2.75) is 32.4 Å². The number of aromatic nitrogens is 4. The molecule has 4 rings (SSSR count). The number of nitrogens with zero attached hydrogens (tertiary/aromatic N) is 6. The van der Waals surface area contributed by atoms with Gasteiger partial charge in [-0.1, -0.05) is 30.3 Å². The number of benzene rings is 1. The largest absolute Gasteiger partial charge is 0.341 e. The van der Waals surface area contributed by atoms with Gasteiger partial charge in [0.15, 0.2) is 11.2 Å². The highest BCUT2D eigenvalue weighted by Gasteiger charge is 2.19. The van der Waals surface area contributed by atoms with Gasteiger partial charge in [0.2, 0.25) is 5.91 Å². The molecule has 0 aliphatic carbocycles. The Morgan fingerprint density at radius 3 is 2.56 bits per heavy atom. The van der Waals surface area contributed by atoms with Gasteiger partial charge in [0, 0.05) is 59.8 Å². The Morgan fingerprint density at radius 2 is 1.78 bits per heavy atom. The van der Waals surface area contributed by atoms with E-state index in [4.69, 9.17) is 0 Å². The van der Waals surface area contributed by atoms with Crippen LogP contribution >= 0.6 is 0 Å². The second-order valence-corrected chi connectivity index (χ2v) is 8.42. The normalized spacial score (nSPS) is 15.2. The standard InChI is InChI=1S/C23H30N6O3/c1-25-21-20(22(31)26(2)23(25)32)29(17-24-21)12-6-10-19(30)28-13-7-11-27(14-15-28)16-18-8-4-3-5-9-18/h3-5,8-9,17H,6-7,10-16H2,1-2H3. The third-order valence-corrected chi connectivity index (χ3v) is 6.20. The van der Waals surface area contributed by atoms with Crippen LogP contribution in [0.25, 0.3) is 11.2 Å². The fourth-order valence-electron chi connectivity index (χ4n) is 4.35. The summed E-state index contributed by atoms with van der Waals surface area (Å²) in [6, 6.07) is 10.4.